The minimum Gasteiger partial charge on any atom is -0.382 e. The van der Waals surface area contributed by atoms with Crippen LogP contribution in [0.4, 0.5) is 0 Å². The van der Waals surface area contributed by atoms with E-state index in [1.807, 2.05) is 6.92 Å². The molecule has 0 saturated heterocycles. The van der Waals surface area contributed by atoms with Crippen molar-refractivity contribution in [2.75, 3.05) is 0 Å². The van der Waals surface area contributed by atoms with Crippen molar-refractivity contribution < 1.29 is 0 Å². The zero-order chi connectivity index (χ0) is 14.0. The van der Waals surface area contributed by atoms with Gasteiger partial charge < -0.3 is 5.73 Å². The van der Waals surface area contributed by atoms with Gasteiger partial charge in [-0.15, -0.1) is 0 Å². The van der Waals surface area contributed by atoms with Crippen LogP contribution in [0.25, 0.3) is 0 Å². The van der Waals surface area contributed by atoms with Crippen LogP contribution in [0.2, 0.25) is 0 Å². The smallest absolute Gasteiger partial charge is 0.193 e. The molecule has 0 saturated carbocycles. The van der Waals surface area contributed by atoms with Crippen molar-refractivity contribution >= 4 is 17.6 Å². The molecular formula is C14H16N4S. The number of nitrogens with one attached hydrogen (secondary N) is 1. The normalized spacial score (nSPS) is 10.5. The van der Waals surface area contributed by atoms with E-state index in [1.54, 1.807) is 6.07 Å². The Morgan fingerprint density at radius 2 is 1.89 bits per heavy atom. The summed E-state index contributed by atoms with van der Waals surface area (Å²) in [7, 11) is 0. The maximum absolute atomic E-state index is 7.46. The summed E-state index contributed by atoms with van der Waals surface area (Å²) in [5.41, 5.74) is 9.19. The number of hydrogen-bond acceptors (Lipinski definition) is 4. The highest BCUT2D eigenvalue weighted by Crippen LogP contribution is 2.28. The average molecular weight is 272 g/mol. The van der Waals surface area contributed by atoms with E-state index in [1.165, 1.54) is 22.9 Å². The van der Waals surface area contributed by atoms with E-state index in [4.69, 9.17) is 11.1 Å². The van der Waals surface area contributed by atoms with Crippen molar-refractivity contribution in [3.63, 3.8) is 0 Å². The molecule has 98 valence electrons. The van der Waals surface area contributed by atoms with E-state index in [0.29, 0.717) is 10.9 Å². The Labute approximate surface area is 117 Å². The van der Waals surface area contributed by atoms with E-state index in [9.17, 15) is 0 Å². The molecule has 2 rings (SSSR count). The molecule has 0 unspecified atom stereocenters. The van der Waals surface area contributed by atoms with Gasteiger partial charge in [-0.05, 0) is 50.2 Å². The summed E-state index contributed by atoms with van der Waals surface area (Å²) in [5.74, 6) is -0.0343. The average Bonchev–Trinajstić information content (AvgIpc) is 2.32. The molecule has 0 aliphatic rings. The Balaban J connectivity index is 2.35. The molecule has 1 heterocycles. The molecule has 5 heteroatoms. The fraction of sp³-hybridized carbons (Fsp3) is 0.214. The minimum atomic E-state index is -0.0343. The van der Waals surface area contributed by atoms with Crippen LogP contribution in [0.1, 0.15) is 22.5 Å². The van der Waals surface area contributed by atoms with Crippen molar-refractivity contribution in [2.45, 2.75) is 30.8 Å². The van der Waals surface area contributed by atoms with Gasteiger partial charge in [0.25, 0.3) is 0 Å². The van der Waals surface area contributed by atoms with Crippen molar-refractivity contribution in [1.82, 2.24) is 9.97 Å². The third kappa shape index (κ3) is 3.32. The fourth-order valence-electron chi connectivity index (χ4n) is 1.74. The molecule has 0 amide bonds. The van der Waals surface area contributed by atoms with Crippen LogP contribution in [-0.4, -0.2) is 15.8 Å². The molecule has 0 bridgehead atoms. The molecule has 0 aliphatic carbocycles. The molecule has 2 aromatic rings. The third-order valence-corrected chi connectivity index (χ3v) is 3.68. The van der Waals surface area contributed by atoms with Gasteiger partial charge in [-0.25, -0.2) is 9.97 Å². The van der Waals surface area contributed by atoms with E-state index in [0.717, 1.165) is 10.6 Å². The zero-order valence-electron chi connectivity index (χ0n) is 11.2. The lowest BCUT2D eigenvalue weighted by Gasteiger charge is -2.07. The van der Waals surface area contributed by atoms with Crippen molar-refractivity contribution in [2.24, 2.45) is 5.73 Å². The van der Waals surface area contributed by atoms with Gasteiger partial charge in [0.1, 0.15) is 11.5 Å². The molecule has 0 radical (unpaired) electrons. The van der Waals surface area contributed by atoms with Gasteiger partial charge >= 0.3 is 0 Å². The lowest BCUT2D eigenvalue weighted by atomic mass is 10.2. The highest BCUT2D eigenvalue weighted by Gasteiger charge is 2.08. The first-order valence-corrected chi connectivity index (χ1v) is 6.72. The maximum atomic E-state index is 7.46. The van der Waals surface area contributed by atoms with Gasteiger partial charge in [0.05, 0.1) is 0 Å². The maximum Gasteiger partial charge on any atom is 0.193 e. The highest BCUT2D eigenvalue weighted by molar-refractivity contribution is 7.99. The topological polar surface area (TPSA) is 75.7 Å². The number of aromatic nitrogens is 2. The zero-order valence-corrected chi connectivity index (χ0v) is 12.0. The predicted molar refractivity (Wildman–Crippen MR) is 77.8 cm³/mol. The van der Waals surface area contributed by atoms with Crippen molar-refractivity contribution in [1.29, 1.82) is 5.41 Å². The first-order chi connectivity index (χ1) is 8.95. The second kappa shape index (κ2) is 5.40. The number of nitrogen functional groups attached to an aromatic ring is 1. The third-order valence-electron chi connectivity index (χ3n) is 2.64. The fourth-order valence-corrected chi connectivity index (χ4v) is 2.62. The Bertz CT molecular complexity index is 637. The Hall–Kier alpha value is -1.88. The molecule has 1 aromatic heterocycles. The molecule has 0 spiro atoms. The van der Waals surface area contributed by atoms with E-state index in [2.05, 4.69) is 42.0 Å². The number of hydrogen-bond donors (Lipinski definition) is 2. The molecule has 3 N–H and O–H groups in total. The summed E-state index contributed by atoms with van der Waals surface area (Å²) >= 11 is 1.49. The standard InChI is InChI=1S/C14H16N4S/c1-8-4-5-12(9(2)6-8)19-14-17-10(3)7-11(18-14)13(15)16/h4-7H,1-3H3,(H3,15,16). The molecule has 4 nitrogen and oxygen atoms in total. The monoisotopic (exact) mass is 272 g/mol. The van der Waals surface area contributed by atoms with E-state index in [-0.39, 0.29) is 5.84 Å². The molecule has 0 atom stereocenters. The molecule has 1 aromatic carbocycles. The summed E-state index contributed by atoms with van der Waals surface area (Å²) < 4.78 is 0. The summed E-state index contributed by atoms with van der Waals surface area (Å²) in [6.45, 7) is 6.01. The van der Waals surface area contributed by atoms with Crippen LogP contribution < -0.4 is 5.73 Å². The SMILES string of the molecule is Cc1ccc(Sc2nc(C)cc(C(=N)N)n2)c(C)c1. The highest BCUT2D eigenvalue weighted by atomic mass is 32.2. The number of amidine groups is 1. The summed E-state index contributed by atoms with van der Waals surface area (Å²) in [5, 5.41) is 8.08. The lowest BCUT2D eigenvalue weighted by Crippen LogP contribution is -2.14. The van der Waals surface area contributed by atoms with Gasteiger partial charge in [0.2, 0.25) is 0 Å². The molecule has 0 fully saturated rings. The van der Waals surface area contributed by atoms with Crippen LogP contribution >= 0.6 is 11.8 Å². The number of nitrogens with zero attached hydrogens (tertiary/aromatic N) is 2. The van der Waals surface area contributed by atoms with Gasteiger partial charge in [0, 0.05) is 10.6 Å². The van der Waals surface area contributed by atoms with Crippen LogP contribution in [0, 0.1) is 26.2 Å². The largest absolute Gasteiger partial charge is 0.382 e. The second-order valence-corrected chi connectivity index (χ2v) is 5.47. The number of rotatable bonds is 3. The van der Waals surface area contributed by atoms with Crippen LogP contribution in [-0.2, 0) is 0 Å². The van der Waals surface area contributed by atoms with Crippen LogP contribution in [0.3, 0.4) is 0 Å². The first kappa shape index (κ1) is 13.5. The van der Waals surface area contributed by atoms with E-state index >= 15 is 0 Å². The lowest BCUT2D eigenvalue weighted by molar-refractivity contribution is 0.920. The Kier molecular flexibility index (Phi) is 3.85. The van der Waals surface area contributed by atoms with E-state index < -0.39 is 0 Å². The van der Waals surface area contributed by atoms with Crippen molar-refractivity contribution in [3.05, 3.63) is 46.8 Å². The number of benzene rings is 1. The van der Waals surface area contributed by atoms with Gasteiger partial charge in [0.15, 0.2) is 5.16 Å². The summed E-state index contributed by atoms with van der Waals surface area (Å²) in [4.78, 5) is 9.79. The molecule has 19 heavy (non-hydrogen) atoms. The number of aryl methyl sites for hydroxylation is 3. The van der Waals surface area contributed by atoms with Crippen molar-refractivity contribution in [3.8, 4) is 0 Å². The van der Waals surface area contributed by atoms with Crippen LogP contribution in [0.15, 0.2) is 34.3 Å². The van der Waals surface area contributed by atoms with Gasteiger partial charge in [-0.1, -0.05) is 17.7 Å². The van der Waals surface area contributed by atoms with Gasteiger partial charge in [-0.2, -0.15) is 0 Å². The quantitative estimate of drug-likeness (QED) is 0.512. The summed E-state index contributed by atoms with van der Waals surface area (Å²) in [6.07, 6.45) is 0. The molecule has 0 aliphatic heterocycles. The second-order valence-electron chi connectivity index (χ2n) is 4.46. The molecular weight excluding hydrogens is 256 g/mol. The van der Waals surface area contributed by atoms with Crippen LogP contribution in [0.5, 0.6) is 0 Å². The first-order valence-electron chi connectivity index (χ1n) is 5.91. The Morgan fingerprint density at radius 3 is 2.53 bits per heavy atom. The minimum absolute atomic E-state index is 0.0343. The Morgan fingerprint density at radius 1 is 1.16 bits per heavy atom. The number of nitrogens with two attached hydrogens (primary N) is 1. The van der Waals surface area contributed by atoms with Gasteiger partial charge in [-0.3, -0.25) is 5.41 Å². The summed E-state index contributed by atoms with van der Waals surface area (Å²) in [6, 6.07) is 7.98. The predicted octanol–water partition coefficient (Wildman–Crippen LogP) is 2.84.